The molecule has 0 aliphatic heterocycles. The van der Waals surface area contributed by atoms with Crippen molar-refractivity contribution in [2.75, 3.05) is 6.61 Å². The molecule has 5 rings (SSSR count). The van der Waals surface area contributed by atoms with Crippen molar-refractivity contribution in [2.45, 2.75) is 65.7 Å². The fraction of sp³-hybridized carbons (Fsp3) is 0.351. The van der Waals surface area contributed by atoms with Crippen molar-refractivity contribution in [1.82, 2.24) is 0 Å². The summed E-state index contributed by atoms with van der Waals surface area (Å²) in [5.41, 5.74) is 9.91. The summed E-state index contributed by atoms with van der Waals surface area (Å²) in [6.45, 7) is 12.2. The summed E-state index contributed by atoms with van der Waals surface area (Å²) in [5, 5.41) is 0. The van der Waals surface area contributed by atoms with Gasteiger partial charge in [0.05, 0.1) is 12.0 Å². The van der Waals surface area contributed by atoms with Gasteiger partial charge in [-0.3, -0.25) is 0 Å². The predicted octanol–water partition coefficient (Wildman–Crippen LogP) is 11.4. The molecule has 0 heterocycles. The molecule has 0 fully saturated rings. The first-order valence-corrected chi connectivity index (χ1v) is 16.2. The molecule has 1 nitrogen and oxygen atoms in total. The third-order valence-corrected chi connectivity index (χ3v) is 9.49. The zero-order valence-corrected chi connectivity index (χ0v) is 27.5. The molecule has 0 bridgehead atoms. The third kappa shape index (κ3) is 5.70. The van der Waals surface area contributed by atoms with Crippen molar-refractivity contribution in [1.29, 1.82) is 0 Å². The molecule has 4 aromatic rings. The fourth-order valence-electron chi connectivity index (χ4n) is 6.36. The van der Waals surface area contributed by atoms with Gasteiger partial charge < -0.3 is 4.74 Å². The molecule has 1 aliphatic rings. The molecule has 0 amide bonds. The van der Waals surface area contributed by atoms with E-state index >= 15 is 0 Å². The van der Waals surface area contributed by atoms with Crippen LogP contribution in [0.3, 0.4) is 0 Å². The van der Waals surface area contributed by atoms with E-state index < -0.39 is 5.41 Å². The molecular weight excluding hydrogens is 620 g/mol. The van der Waals surface area contributed by atoms with Crippen LogP contribution in [-0.2, 0) is 5.41 Å². The summed E-state index contributed by atoms with van der Waals surface area (Å²) in [5.74, 6) is 2.42. The number of hydrogen-bond acceptors (Lipinski definition) is 1. The Morgan fingerprint density at radius 3 is 1.90 bits per heavy atom. The van der Waals surface area contributed by atoms with E-state index in [2.05, 4.69) is 145 Å². The van der Waals surface area contributed by atoms with E-state index in [4.69, 9.17) is 4.74 Å². The average molecular weight is 661 g/mol. The zero-order chi connectivity index (χ0) is 28.4. The van der Waals surface area contributed by atoms with Gasteiger partial charge in [-0.15, -0.1) is 0 Å². The number of ether oxygens (including phenoxy) is 1. The van der Waals surface area contributed by atoms with Crippen molar-refractivity contribution in [2.24, 2.45) is 11.8 Å². The highest BCUT2D eigenvalue weighted by Gasteiger charge is 2.47. The van der Waals surface area contributed by atoms with Crippen LogP contribution < -0.4 is 4.74 Å². The summed E-state index contributed by atoms with van der Waals surface area (Å²) in [6, 6.07) is 29.2. The van der Waals surface area contributed by atoms with E-state index in [0.717, 1.165) is 33.6 Å². The summed E-state index contributed by atoms with van der Waals surface area (Å²) >= 11 is 7.60. The second-order valence-corrected chi connectivity index (χ2v) is 13.9. The van der Waals surface area contributed by atoms with E-state index in [1.54, 1.807) is 0 Å². The molecule has 0 saturated heterocycles. The SMILES string of the molecule is Cc1ccc(C)c(C2(c3ccc(OCCC(C)CCCC(C)C)cc3)c3cc(Br)ccc3-c3ccc(Br)cc32)c1. The highest BCUT2D eigenvalue weighted by Crippen LogP contribution is 2.57. The molecule has 4 aromatic carbocycles. The minimum atomic E-state index is -0.433. The van der Waals surface area contributed by atoms with Gasteiger partial charge in [0.2, 0.25) is 0 Å². The quantitative estimate of drug-likeness (QED) is 0.145. The maximum atomic E-state index is 6.27. The fourth-order valence-corrected chi connectivity index (χ4v) is 7.08. The Labute approximate surface area is 257 Å². The van der Waals surface area contributed by atoms with Gasteiger partial charge in [-0.25, -0.2) is 0 Å². The lowest BCUT2D eigenvalue weighted by molar-refractivity contribution is 0.275. The van der Waals surface area contributed by atoms with Crippen LogP contribution in [0.2, 0.25) is 0 Å². The van der Waals surface area contributed by atoms with E-state index in [9.17, 15) is 0 Å². The Bertz CT molecular complexity index is 1430. The van der Waals surface area contributed by atoms with Crippen LogP contribution in [0.4, 0.5) is 0 Å². The standard InChI is InChI=1S/C37H40Br2O/c1-24(2)7-6-8-25(3)19-20-40-31-15-11-28(12-16-31)37(34-21-26(4)9-10-27(34)5)35-22-29(38)13-17-32(35)33-18-14-30(39)23-36(33)37/h9-18,21-25H,6-8,19-20H2,1-5H3. The highest BCUT2D eigenvalue weighted by molar-refractivity contribution is 9.10. The lowest BCUT2D eigenvalue weighted by Gasteiger charge is -2.35. The largest absolute Gasteiger partial charge is 0.494 e. The summed E-state index contributed by atoms with van der Waals surface area (Å²) < 4.78 is 8.45. The van der Waals surface area contributed by atoms with Crippen LogP contribution in [0.5, 0.6) is 5.75 Å². The van der Waals surface area contributed by atoms with Crippen LogP contribution in [0, 0.1) is 25.7 Å². The van der Waals surface area contributed by atoms with Gasteiger partial charge in [-0.2, -0.15) is 0 Å². The molecule has 0 N–H and O–H groups in total. The van der Waals surface area contributed by atoms with Gasteiger partial charge in [0, 0.05) is 8.95 Å². The average Bonchev–Trinajstić information content (AvgIpc) is 3.19. The van der Waals surface area contributed by atoms with Gasteiger partial charge >= 0.3 is 0 Å². The Kier molecular flexibility index (Phi) is 8.92. The van der Waals surface area contributed by atoms with Gasteiger partial charge in [-0.1, -0.05) is 120 Å². The number of benzene rings is 4. The lowest BCUT2D eigenvalue weighted by atomic mass is 9.66. The lowest BCUT2D eigenvalue weighted by Crippen LogP contribution is -2.29. The minimum Gasteiger partial charge on any atom is -0.494 e. The molecule has 3 heteroatoms. The molecule has 1 atom stereocenters. The molecule has 208 valence electrons. The smallest absolute Gasteiger partial charge is 0.119 e. The molecule has 0 saturated carbocycles. The molecule has 0 radical (unpaired) electrons. The van der Waals surface area contributed by atoms with Crippen LogP contribution >= 0.6 is 31.9 Å². The Hall–Kier alpha value is -2.36. The molecule has 1 aliphatic carbocycles. The van der Waals surface area contributed by atoms with E-state index in [1.807, 2.05) is 0 Å². The maximum Gasteiger partial charge on any atom is 0.119 e. The molecule has 40 heavy (non-hydrogen) atoms. The predicted molar refractivity (Wildman–Crippen MR) is 177 cm³/mol. The molecule has 0 spiro atoms. The van der Waals surface area contributed by atoms with Crippen molar-refractivity contribution in [3.8, 4) is 16.9 Å². The van der Waals surface area contributed by atoms with Gasteiger partial charge in [-0.05, 0) is 107 Å². The maximum absolute atomic E-state index is 6.27. The first-order valence-electron chi connectivity index (χ1n) is 14.6. The van der Waals surface area contributed by atoms with Crippen LogP contribution in [-0.4, -0.2) is 6.61 Å². The summed E-state index contributed by atoms with van der Waals surface area (Å²) in [6.07, 6.45) is 5.00. The first kappa shape index (κ1) is 29.1. The summed E-state index contributed by atoms with van der Waals surface area (Å²) in [7, 11) is 0. The number of halogens is 2. The van der Waals surface area contributed by atoms with Crippen molar-refractivity contribution in [3.63, 3.8) is 0 Å². The number of rotatable bonds is 10. The minimum absolute atomic E-state index is 0.433. The van der Waals surface area contributed by atoms with Gasteiger partial charge in [0.1, 0.15) is 5.75 Å². The van der Waals surface area contributed by atoms with Crippen molar-refractivity contribution < 1.29 is 4.74 Å². The van der Waals surface area contributed by atoms with Crippen LogP contribution in [0.15, 0.2) is 87.8 Å². The van der Waals surface area contributed by atoms with E-state index in [0.29, 0.717) is 5.92 Å². The number of aryl methyl sites for hydroxylation is 2. The van der Waals surface area contributed by atoms with Crippen molar-refractivity contribution in [3.05, 3.63) is 121 Å². The normalized spacial score (nSPS) is 14.2. The monoisotopic (exact) mass is 658 g/mol. The van der Waals surface area contributed by atoms with Crippen LogP contribution in [0.1, 0.15) is 79.8 Å². The molecule has 1 unspecified atom stereocenters. The zero-order valence-electron chi connectivity index (χ0n) is 24.4. The Morgan fingerprint density at radius 1 is 0.675 bits per heavy atom. The topological polar surface area (TPSA) is 9.23 Å². The second kappa shape index (κ2) is 12.2. The van der Waals surface area contributed by atoms with Gasteiger partial charge in [0.15, 0.2) is 0 Å². The van der Waals surface area contributed by atoms with Crippen LogP contribution in [0.25, 0.3) is 11.1 Å². The summed E-state index contributed by atoms with van der Waals surface area (Å²) in [4.78, 5) is 0. The van der Waals surface area contributed by atoms with E-state index in [1.165, 1.54) is 63.8 Å². The second-order valence-electron chi connectivity index (χ2n) is 12.0. The highest BCUT2D eigenvalue weighted by atomic mass is 79.9. The Balaban J connectivity index is 1.54. The number of hydrogen-bond donors (Lipinski definition) is 0. The Morgan fingerprint density at radius 2 is 1.30 bits per heavy atom. The molecule has 0 aromatic heterocycles. The van der Waals surface area contributed by atoms with Crippen molar-refractivity contribution >= 4 is 31.9 Å². The number of fused-ring (bicyclic) bond motifs is 3. The first-order chi connectivity index (χ1) is 19.2. The van der Waals surface area contributed by atoms with Gasteiger partial charge in [0.25, 0.3) is 0 Å². The molecular formula is C37H40Br2O. The van der Waals surface area contributed by atoms with E-state index in [-0.39, 0.29) is 0 Å². The third-order valence-electron chi connectivity index (χ3n) is 8.50.